The molecule has 1 aromatic heterocycles. The van der Waals surface area contributed by atoms with Crippen molar-refractivity contribution in [2.45, 2.75) is 0 Å². The van der Waals surface area contributed by atoms with E-state index in [2.05, 4.69) is 20.9 Å². The molecule has 1 amide bonds. The molecule has 6 nitrogen and oxygen atoms in total. The van der Waals surface area contributed by atoms with Gasteiger partial charge in [-0.2, -0.15) is 0 Å². The first-order chi connectivity index (χ1) is 8.22. The van der Waals surface area contributed by atoms with Gasteiger partial charge in [0.15, 0.2) is 0 Å². The van der Waals surface area contributed by atoms with Gasteiger partial charge in [-0.3, -0.25) is 4.79 Å². The van der Waals surface area contributed by atoms with Crippen LogP contribution in [0, 0.1) is 0 Å². The van der Waals surface area contributed by atoms with Crippen LogP contribution in [-0.4, -0.2) is 41.0 Å². The largest absolute Gasteiger partial charge is 0.351 e. The number of rotatable bonds is 4. The third kappa shape index (κ3) is 2.96. The number of fused-ring (bicyclic) bond motifs is 1. The Hall–Kier alpha value is -1.66. The molecule has 98 valence electrons. The van der Waals surface area contributed by atoms with Crippen molar-refractivity contribution >= 4 is 29.3 Å². The number of aromatic nitrogens is 3. The van der Waals surface area contributed by atoms with Gasteiger partial charge in [0.25, 0.3) is 5.91 Å². The average molecular weight is 270 g/mol. The number of nitrogens with zero attached hydrogens (tertiary/aromatic N) is 3. The fraction of sp³-hybridized carbons (Fsp3) is 0.364. The second-order valence-electron chi connectivity index (χ2n) is 3.78. The lowest BCUT2D eigenvalue weighted by atomic mass is 10.2. The highest BCUT2D eigenvalue weighted by molar-refractivity contribution is 5.97. The van der Waals surface area contributed by atoms with Gasteiger partial charge in [-0.15, -0.1) is 17.5 Å². The van der Waals surface area contributed by atoms with E-state index in [9.17, 15) is 4.79 Å². The number of halogens is 1. The fourth-order valence-electron chi connectivity index (χ4n) is 1.58. The highest BCUT2D eigenvalue weighted by atomic mass is 35.5. The Morgan fingerprint density at radius 1 is 1.39 bits per heavy atom. The normalized spacial score (nSPS) is 10.1. The monoisotopic (exact) mass is 269 g/mol. The molecule has 0 aliphatic carbocycles. The van der Waals surface area contributed by atoms with Crippen molar-refractivity contribution in [1.82, 2.24) is 25.6 Å². The van der Waals surface area contributed by atoms with Crippen molar-refractivity contribution in [2.75, 3.05) is 20.1 Å². The maximum atomic E-state index is 11.8. The van der Waals surface area contributed by atoms with Gasteiger partial charge in [-0.25, -0.2) is 4.68 Å². The lowest BCUT2D eigenvalue weighted by Gasteiger charge is -2.04. The minimum atomic E-state index is -0.0900. The highest BCUT2D eigenvalue weighted by Crippen LogP contribution is 2.12. The van der Waals surface area contributed by atoms with Gasteiger partial charge in [-0.05, 0) is 25.2 Å². The molecule has 0 bridgehead atoms. The fourth-order valence-corrected chi connectivity index (χ4v) is 1.58. The lowest BCUT2D eigenvalue weighted by molar-refractivity contribution is 0.0954. The van der Waals surface area contributed by atoms with Crippen LogP contribution in [0.3, 0.4) is 0 Å². The summed E-state index contributed by atoms with van der Waals surface area (Å²) in [6.07, 6.45) is 0. The van der Waals surface area contributed by atoms with Crippen LogP contribution in [0.5, 0.6) is 0 Å². The van der Waals surface area contributed by atoms with Crippen LogP contribution in [0.15, 0.2) is 18.2 Å². The minimum absolute atomic E-state index is 0. The third-order valence-electron chi connectivity index (χ3n) is 2.53. The molecule has 2 rings (SSSR count). The van der Waals surface area contributed by atoms with Crippen LogP contribution in [0.1, 0.15) is 10.4 Å². The molecule has 1 heterocycles. The number of carbonyl (C=O) groups is 1. The maximum Gasteiger partial charge on any atom is 0.251 e. The summed E-state index contributed by atoms with van der Waals surface area (Å²) in [6, 6.07) is 5.37. The van der Waals surface area contributed by atoms with Crippen LogP contribution >= 0.6 is 12.4 Å². The predicted molar refractivity (Wildman–Crippen MR) is 72.0 cm³/mol. The van der Waals surface area contributed by atoms with Crippen LogP contribution in [0.25, 0.3) is 11.0 Å². The molecule has 0 aliphatic rings. The number of benzene rings is 1. The summed E-state index contributed by atoms with van der Waals surface area (Å²) in [5.41, 5.74) is 2.25. The molecule has 0 saturated carbocycles. The van der Waals surface area contributed by atoms with Gasteiger partial charge in [0.1, 0.15) is 5.52 Å². The molecule has 2 N–H and O–H groups in total. The van der Waals surface area contributed by atoms with Crippen LogP contribution in [-0.2, 0) is 7.05 Å². The first kappa shape index (κ1) is 14.4. The molecule has 0 saturated heterocycles. The van der Waals surface area contributed by atoms with Crippen molar-refractivity contribution in [3.63, 3.8) is 0 Å². The molecule has 0 fully saturated rings. The van der Waals surface area contributed by atoms with Crippen molar-refractivity contribution in [3.8, 4) is 0 Å². The quantitative estimate of drug-likeness (QED) is 0.785. The van der Waals surface area contributed by atoms with E-state index in [0.717, 1.165) is 17.6 Å². The Morgan fingerprint density at radius 2 is 2.17 bits per heavy atom. The van der Waals surface area contributed by atoms with E-state index in [-0.39, 0.29) is 18.3 Å². The minimum Gasteiger partial charge on any atom is -0.351 e. The molecule has 0 atom stereocenters. The Kier molecular flexibility index (Phi) is 5.06. The van der Waals surface area contributed by atoms with E-state index in [1.54, 1.807) is 16.8 Å². The van der Waals surface area contributed by atoms with Crippen molar-refractivity contribution in [1.29, 1.82) is 0 Å². The number of hydrogen-bond donors (Lipinski definition) is 2. The predicted octanol–water partition coefficient (Wildman–Crippen LogP) is 0.339. The molecule has 18 heavy (non-hydrogen) atoms. The molecule has 1 aromatic carbocycles. The topological polar surface area (TPSA) is 71.8 Å². The number of carbonyl (C=O) groups excluding carboxylic acids is 1. The maximum absolute atomic E-state index is 11.8. The Bertz CT molecular complexity index is 539. The van der Waals surface area contributed by atoms with Gasteiger partial charge in [0.05, 0.1) is 5.52 Å². The molecular formula is C11H16ClN5O. The summed E-state index contributed by atoms with van der Waals surface area (Å²) in [6.45, 7) is 1.35. The van der Waals surface area contributed by atoms with E-state index in [4.69, 9.17) is 0 Å². The number of likely N-dealkylation sites (N-methyl/N-ethyl adjacent to an activating group) is 1. The van der Waals surface area contributed by atoms with Gasteiger partial charge in [0.2, 0.25) is 0 Å². The van der Waals surface area contributed by atoms with E-state index in [1.165, 1.54) is 0 Å². The number of aryl methyl sites for hydroxylation is 1. The summed E-state index contributed by atoms with van der Waals surface area (Å²) in [7, 11) is 3.67. The summed E-state index contributed by atoms with van der Waals surface area (Å²) in [4.78, 5) is 11.8. The molecule has 0 radical (unpaired) electrons. The Balaban J connectivity index is 0.00000162. The zero-order valence-corrected chi connectivity index (χ0v) is 11.1. The molecule has 0 unspecified atom stereocenters. The zero-order valence-electron chi connectivity index (χ0n) is 10.3. The molecule has 0 aliphatic heterocycles. The van der Waals surface area contributed by atoms with Crippen LogP contribution in [0.2, 0.25) is 0 Å². The number of amides is 1. The highest BCUT2D eigenvalue weighted by Gasteiger charge is 2.08. The standard InChI is InChI=1S/C11H15N5O.ClH/c1-12-5-6-13-11(17)8-3-4-10-9(7-8)14-15-16(10)2;/h3-4,7,12H,5-6H2,1-2H3,(H,13,17);1H. The Morgan fingerprint density at radius 3 is 2.89 bits per heavy atom. The number of nitrogens with one attached hydrogen (secondary N) is 2. The van der Waals surface area contributed by atoms with Gasteiger partial charge in [0, 0.05) is 25.7 Å². The van der Waals surface area contributed by atoms with Crippen molar-refractivity contribution in [3.05, 3.63) is 23.8 Å². The zero-order chi connectivity index (χ0) is 12.3. The average Bonchev–Trinajstić information content (AvgIpc) is 2.71. The summed E-state index contributed by atoms with van der Waals surface area (Å²) in [5.74, 6) is -0.0900. The molecule has 7 heteroatoms. The lowest BCUT2D eigenvalue weighted by Crippen LogP contribution is -2.30. The Labute approximate surface area is 111 Å². The van der Waals surface area contributed by atoms with Gasteiger partial charge < -0.3 is 10.6 Å². The number of hydrogen-bond acceptors (Lipinski definition) is 4. The van der Waals surface area contributed by atoms with Crippen molar-refractivity contribution in [2.24, 2.45) is 7.05 Å². The molecule has 2 aromatic rings. The second-order valence-corrected chi connectivity index (χ2v) is 3.78. The van der Waals surface area contributed by atoms with E-state index in [1.807, 2.05) is 20.2 Å². The van der Waals surface area contributed by atoms with Crippen LogP contribution in [0.4, 0.5) is 0 Å². The van der Waals surface area contributed by atoms with Gasteiger partial charge >= 0.3 is 0 Å². The van der Waals surface area contributed by atoms with Crippen LogP contribution < -0.4 is 10.6 Å². The first-order valence-corrected chi connectivity index (χ1v) is 5.44. The second kappa shape index (κ2) is 6.32. The smallest absolute Gasteiger partial charge is 0.251 e. The summed E-state index contributed by atoms with van der Waals surface area (Å²) in [5, 5.41) is 13.7. The van der Waals surface area contributed by atoms with E-state index >= 15 is 0 Å². The SMILES string of the molecule is CNCCNC(=O)c1ccc2c(c1)nnn2C.Cl. The first-order valence-electron chi connectivity index (χ1n) is 5.44. The van der Waals surface area contributed by atoms with Gasteiger partial charge in [-0.1, -0.05) is 5.21 Å². The van der Waals surface area contributed by atoms with E-state index in [0.29, 0.717) is 12.1 Å². The summed E-state index contributed by atoms with van der Waals surface area (Å²) < 4.78 is 1.68. The van der Waals surface area contributed by atoms with Crippen molar-refractivity contribution < 1.29 is 4.79 Å². The molecular weight excluding hydrogens is 254 g/mol. The van der Waals surface area contributed by atoms with E-state index < -0.39 is 0 Å². The molecule has 0 spiro atoms. The summed E-state index contributed by atoms with van der Waals surface area (Å²) >= 11 is 0. The third-order valence-corrected chi connectivity index (χ3v) is 2.53.